The molecule has 0 radical (unpaired) electrons. The molecule has 2 aliphatic heterocycles. The zero-order chi connectivity index (χ0) is 27.4. The number of benzene rings is 1. The van der Waals surface area contributed by atoms with Gasteiger partial charge in [-0.1, -0.05) is 49.1 Å². The minimum atomic E-state index is -4.41. The molecule has 2 heterocycles. The molecule has 0 fully saturated rings. The minimum absolute atomic E-state index is 0.0472. The first-order chi connectivity index (χ1) is 18.8. The summed E-state index contributed by atoms with van der Waals surface area (Å²) in [5, 5.41) is 0. The van der Waals surface area contributed by atoms with Gasteiger partial charge in [0.15, 0.2) is 0 Å². The van der Waals surface area contributed by atoms with E-state index >= 15 is 0 Å². The highest BCUT2D eigenvalue weighted by atomic mass is 19.4. The molecule has 2 unspecified atom stereocenters. The lowest BCUT2D eigenvalue weighted by atomic mass is 9.91. The van der Waals surface area contributed by atoms with Crippen molar-refractivity contribution in [3.63, 3.8) is 0 Å². The summed E-state index contributed by atoms with van der Waals surface area (Å²) in [5.74, 6) is 0.716. The van der Waals surface area contributed by atoms with Gasteiger partial charge in [0.2, 0.25) is 0 Å². The van der Waals surface area contributed by atoms with Gasteiger partial charge in [0.1, 0.15) is 24.7 Å². The number of esters is 1. The van der Waals surface area contributed by atoms with Crippen LogP contribution in [0, 0.1) is 11.8 Å². The van der Waals surface area contributed by atoms with E-state index in [0.717, 1.165) is 24.1 Å². The van der Waals surface area contributed by atoms with Crippen LogP contribution in [-0.4, -0.2) is 37.1 Å². The topological polar surface area (TPSA) is 48.0 Å². The van der Waals surface area contributed by atoms with E-state index in [2.05, 4.69) is 17.6 Å². The second kappa shape index (κ2) is 11.7. The molecular formula is C31H32F3NO4. The number of ether oxygens (including phenoxy) is 3. The molecule has 0 amide bonds. The van der Waals surface area contributed by atoms with Crippen LogP contribution in [0.5, 0.6) is 0 Å². The van der Waals surface area contributed by atoms with Crippen molar-refractivity contribution < 1.29 is 32.2 Å². The number of carbonyl (C=O) groups is 1. The van der Waals surface area contributed by atoms with Crippen molar-refractivity contribution in [2.24, 2.45) is 11.8 Å². The van der Waals surface area contributed by atoms with Crippen LogP contribution in [0.4, 0.5) is 13.2 Å². The van der Waals surface area contributed by atoms with Crippen molar-refractivity contribution in [2.45, 2.75) is 38.0 Å². The van der Waals surface area contributed by atoms with Gasteiger partial charge in [0.05, 0.1) is 17.7 Å². The molecule has 4 aliphatic rings. The van der Waals surface area contributed by atoms with Gasteiger partial charge in [0, 0.05) is 31.6 Å². The molecule has 1 aromatic carbocycles. The second-order valence-corrected chi connectivity index (χ2v) is 10.3. The molecule has 0 aromatic heterocycles. The summed E-state index contributed by atoms with van der Waals surface area (Å²) in [6, 6.07) is 4.55. The Kier molecular flexibility index (Phi) is 8.12. The third-order valence-corrected chi connectivity index (χ3v) is 7.48. The Labute approximate surface area is 226 Å². The average molecular weight is 540 g/mol. The number of rotatable bonds is 8. The summed E-state index contributed by atoms with van der Waals surface area (Å²) in [6.45, 7) is 5.92. The van der Waals surface area contributed by atoms with E-state index in [1.54, 1.807) is 12.1 Å². The molecule has 0 spiro atoms. The smallest absolute Gasteiger partial charge is 0.416 e. The molecule has 39 heavy (non-hydrogen) atoms. The summed E-state index contributed by atoms with van der Waals surface area (Å²) in [5.41, 5.74) is 1.40. The van der Waals surface area contributed by atoms with E-state index in [-0.39, 0.29) is 30.3 Å². The van der Waals surface area contributed by atoms with E-state index in [0.29, 0.717) is 55.8 Å². The molecule has 5 nitrogen and oxygen atoms in total. The summed E-state index contributed by atoms with van der Waals surface area (Å²) >= 11 is 0. The lowest BCUT2D eigenvalue weighted by Gasteiger charge is -2.32. The Balaban J connectivity index is 1.17. The molecule has 0 saturated carbocycles. The fourth-order valence-corrected chi connectivity index (χ4v) is 5.53. The summed E-state index contributed by atoms with van der Waals surface area (Å²) in [4.78, 5) is 14.2. The summed E-state index contributed by atoms with van der Waals surface area (Å²) in [7, 11) is 0. The highest BCUT2D eigenvalue weighted by Crippen LogP contribution is 2.40. The van der Waals surface area contributed by atoms with Crippen LogP contribution >= 0.6 is 0 Å². The summed E-state index contributed by atoms with van der Waals surface area (Å²) < 4.78 is 58.2. The number of halogens is 3. The van der Waals surface area contributed by atoms with Crippen LogP contribution in [0.1, 0.15) is 41.9 Å². The van der Waals surface area contributed by atoms with Gasteiger partial charge in [-0.3, -0.25) is 9.69 Å². The molecule has 2 aliphatic carbocycles. The zero-order valence-electron chi connectivity index (χ0n) is 21.7. The number of nitrogens with zero attached hydrogens (tertiary/aromatic N) is 1. The van der Waals surface area contributed by atoms with E-state index in [9.17, 15) is 18.0 Å². The zero-order valence-corrected chi connectivity index (χ0v) is 21.7. The van der Waals surface area contributed by atoms with Gasteiger partial charge in [-0.25, -0.2) is 0 Å². The molecule has 206 valence electrons. The Morgan fingerprint density at radius 1 is 1.18 bits per heavy atom. The maximum Gasteiger partial charge on any atom is 0.416 e. The predicted molar refractivity (Wildman–Crippen MR) is 141 cm³/mol. The molecule has 0 N–H and O–H groups in total. The van der Waals surface area contributed by atoms with Crippen LogP contribution in [0.15, 0.2) is 90.7 Å². The molecule has 2 atom stereocenters. The first kappa shape index (κ1) is 27.1. The molecule has 5 rings (SSSR count). The van der Waals surface area contributed by atoms with Crippen molar-refractivity contribution in [3.8, 4) is 0 Å². The molecule has 1 aromatic rings. The number of carbonyl (C=O) groups excluding carboxylic acids is 1. The standard InChI is InChI=1S/C31H32F3NO4/c1-2-37-30(36)25-8-5-13-35(18-25)17-22-14-24-10-11-26(16-29(24)39-20-22)38-19-21-9-12-27(23-6-3-4-7-23)28(15-21)31(32,33)34/h2-5,8-9,11-12,14-16,23-25H,1,6-7,10,13,17-20H2. The van der Waals surface area contributed by atoms with Gasteiger partial charge in [0.25, 0.3) is 0 Å². The van der Waals surface area contributed by atoms with Gasteiger partial charge < -0.3 is 14.2 Å². The van der Waals surface area contributed by atoms with Crippen LogP contribution in [0.25, 0.3) is 0 Å². The van der Waals surface area contributed by atoms with Crippen molar-refractivity contribution in [2.75, 3.05) is 26.2 Å². The van der Waals surface area contributed by atoms with Crippen molar-refractivity contribution in [3.05, 3.63) is 107 Å². The largest absolute Gasteiger partial charge is 0.493 e. The maximum atomic E-state index is 13.8. The van der Waals surface area contributed by atoms with E-state index in [1.165, 1.54) is 6.07 Å². The number of allylic oxidation sites excluding steroid dienone is 5. The fourth-order valence-electron chi connectivity index (χ4n) is 5.53. The molecule has 0 saturated heterocycles. The van der Waals surface area contributed by atoms with Gasteiger partial charge in [-0.15, -0.1) is 0 Å². The van der Waals surface area contributed by atoms with Crippen molar-refractivity contribution >= 4 is 5.97 Å². The van der Waals surface area contributed by atoms with Gasteiger partial charge >= 0.3 is 12.1 Å². The van der Waals surface area contributed by atoms with Crippen LogP contribution in [-0.2, 0) is 31.8 Å². The van der Waals surface area contributed by atoms with Crippen LogP contribution in [0.3, 0.4) is 0 Å². The average Bonchev–Trinajstić information content (AvgIpc) is 3.46. The van der Waals surface area contributed by atoms with E-state index in [1.807, 2.05) is 36.5 Å². The lowest BCUT2D eigenvalue weighted by Crippen LogP contribution is -2.38. The number of hydrogen-bond donors (Lipinski definition) is 0. The minimum Gasteiger partial charge on any atom is -0.493 e. The fraction of sp³-hybridized carbons (Fsp3) is 0.387. The number of alkyl halides is 3. The van der Waals surface area contributed by atoms with Crippen molar-refractivity contribution in [1.29, 1.82) is 0 Å². The third-order valence-electron chi connectivity index (χ3n) is 7.48. The van der Waals surface area contributed by atoms with E-state index in [4.69, 9.17) is 14.2 Å². The normalized spacial score (nSPS) is 23.3. The quantitative estimate of drug-likeness (QED) is 0.212. The van der Waals surface area contributed by atoms with Gasteiger partial charge in [-0.2, -0.15) is 13.2 Å². The van der Waals surface area contributed by atoms with Crippen LogP contribution in [0.2, 0.25) is 0 Å². The van der Waals surface area contributed by atoms with E-state index < -0.39 is 11.7 Å². The highest BCUT2D eigenvalue weighted by molar-refractivity contribution is 5.75. The Morgan fingerprint density at radius 2 is 2.00 bits per heavy atom. The summed E-state index contributed by atoms with van der Waals surface area (Å²) in [6.07, 6.45) is 12.4. The molecular weight excluding hydrogens is 507 g/mol. The lowest BCUT2D eigenvalue weighted by molar-refractivity contribution is -0.141. The maximum absolute atomic E-state index is 13.8. The Hall–Kier alpha value is -3.52. The SMILES string of the molecule is C=COC(=O)C1C=CCN(CC2=CC3CC=C(OCc4ccc(C5CC=CC5)c(C(F)(F)F)c4)C=C3OC2)C1. The molecule has 8 heteroatoms. The first-order valence-corrected chi connectivity index (χ1v) is 13.2. The van der Waals surface area contributed by atoms with Crippen LogP contribution < -0.4 is 0 Å². The van der Waals surface area contributed by atoms with Crippen molar-refractivity contribution in [1.82, 2.24) is 4.90 Å². The monoisotopic (exact) mass is 539 g/mol. The predicted octanol–water partition coefficient (Wildman–Crippen LogP) is 6.57. The highest BCUT2D eigenvalue weighted by Gasteiger charge is 2.35. The Morgan fingerprint density at radius 3 is 2.77 bits per heavy atom. The first-order valence-electron chi connectivity index (χ1n) is 13.2. The number of hydrogen-bond acceptors (Lipinski definition) is 5. The third kappa shape index (κ3) is 6.56. The van der Waals surface area contributed by atoms with Gasteiger partial charge in [-0.05, 0) is 54.0 Å². The second-order valence-electron chi connectivity index (χ2n) is 10.3. The molecule has 0 bridgehead atoms. The number of fused-ring (bicyclic) bond motifs is 1. The Bertz CT molecular complexity index is 1250.